The fourth-order valence-corrected chi connectivity index (χ4v) is 4.02. The van der Waals surface area contributed by atoms with Crippen LogP contribution in [0.25, 0.3) is 0 Å². The van der Waals surface area contributed by atoms with E-state index in [1.165, 1.54) is 38.1 Å². The standard InChI is InChI=1S/C16H24FN3/c1-11(9-20-10-12-3-5-14(20)7-12)16(18-2)15-6-4-13(17)8-19-15/h4,6,8,11-12,14,16,18H,3,5,7,9-10H2,1-2H3. The molecule has 1 N–H and O–H groups in total. The predicted octanol–water partition coefficient (Wildman–Crippen LogP) is 2.60. The van der Waals surface area contributed by atoms with Gasteiger partial charge in [0.15, 0.2) is 0 Å². The second kappa shape index (κ2) is 5.78. The molecule has 110 valence electrons. The Morgan fingerprint density at radius 1 is 1.45 bits per heavy atom. The van der Waals surface area contributed by atoms with Gasteiger partial charge in [0, 0.05) is 19.1 Å². The molecular formula is C16H24FN3. The van der Waals surface area contributed by atoms with Gasteiger partial charge in [0.25, 0.3) is 0 Å². The summed E-state index contributed by atoms with van der Waals surface area (Å²) in [5, 5.41) is 3.34. The summed E-state index contributed by atoms with van der Waals surface area (Å²) in [6, 6.07) is 4.29. The molecule has 2 fully saturated rings. The monoisotopic (exact) mass is 277 g/mol. The van der Waals surface area contributed by atoms with Crippen LogP contribution in [0.1, 0.15) is 37.9 Å². The molecule has 2 heterocycles. The highest BCUT2D eigenvalue weighted by molar-refractivity contribution is 5.11. The third-order valence-corrected chi connectivity index (χ3v) is 4.99. The van der Waals surface area contributed by atoms with Crippen molar-refractivity contribution in [2.75, 3.05) is 20.1 Å². The van der Waals surface area contributed by atoms with Gasteiger partial charge in [-0.2, -0.15) is 0 Å². The zero-order valence-electron chi connectivity index (χ0n) is 12.3. The number of piperidine rings is 1. The van der Waals surface area contributed by atoms with Crippen molar-refractivity contribution in [3.8, 4) is 0 Å². The van der Waals surface area contributed by atoms with Crippen molar-refractivity contribution < 1.29 is 4.39 Å². The third kappa shape index (κ3) is 2.72. The van der Waals surface area contributed by atoms with Crippen molar-refractivity contribution in [2.24, 2.45) is 11.8 Å². The van der Waals surface area contributed by atoms with Crippen LogP contribution < -0.4 is 5.32 Å². The van der Waals surface area contributed by atoms with Gasteiger partial charge in [-0.25, -0.2) is 4.39 Å². The molecule has 0 spiro atoms. The first-order valence-electron chi connectivity index (χ1n) is 7.70. The lowest BCUT2D eigenvalue weighted by molar-refractivity contribution is 0.170. The molecule has 3 rings (SSSR count). The smallest absolute Gasteiger partial charge is 0.141 e. The number of pyridine rings is 1. The molecule has 1 aliphatic heterocycles. The van der Waals surface area contributed by atoms with Crippen molar-refractivity contribution in [3.05, 3.63) is 29.8 Å². The lowest BCUT2D eigenvalue weighted by Gasteiger charge is -2.32. The molecule has 2 bridgehead atoms. The molecule has 4 unspecified atom stereocenters. The van der Waals surface area contributed by atoms with Gasteiger partial charge < -0.3 is 5.32 Å². The van der Waals surface area contributed by atoms with Gasteiger partial charge in [-0.15, -0.1) is 0 Å². The quantitative estimate of drug-likeness (QED) is 0.896. The predicted molar refractivity (Wildman–Crippen MR) is 77.9 cm³/mol. The van der Waals surface area contributed by atoms with E-state index in [2.05, 4.69) is 22.1 Å². The SMILES string of the molecule is CNC(c1ccc(F)cn1)C(C)CN1CC2CCC1C2. The molecule has 20 heavy (non-hydrogen) atoms. The first kappa shape index (κ1) is 14.0. The normalized spacial score (nSPS) is 28.8. The van der Waals surface area contributed by atoms with E-state index in [1.807, 2.05) is 7.05 Å². The van der Waals surface area contributed by atoms with Crippen LogP contribution in [0, 0.1) is 17.7 Å². The summed E-state index contributed by atoms with van der Waals surface area (Å²) in [5.74, 6) is 1.13. The number of halogens is 1. The highest BCUT2D eigenvalue weighted by Gasteiger charge is 2.38. The van der Waals surface area contributed by atoms with Crippen LogP contribution in [-0.2, 0) is 0 Å². The van der Waals surface area contributed by atoms with Crippen LogP contribution in [0.4, 0.5) is 4.39 Å². The molecular weight excluding hydrogens is 253 g/mol. The summed E-state index contributed by atoms with van der Waals surface area (Å²) in [4.78, 5) is 6.88. The maximum atomic E-state index is 13.0. The Labute approximate surface area is 120 Å². The Bertz CT molecular complexity index is 448. The summed E-state index contributed by atoms with van der Waals surface area (Å²) in [7, 11) is 1.96. The fourth-order valence-electron chi connectivity index (χ4n) is 4.02. The first-order chi connectivity index (χ1) is 9.67. The van der Waals surface area contributed by atoms with Gasteiger partial charge in [-0.1, -0.05) is 6.92 Å². The van der Waals surface area contributed by atoms with Crippen LogP contribution >= 0.6 is 0 Å². The van der Waals surface area contributed by atoms with Gasteiger partial charge in [-0.05, 0) is 50.3 Å². The zero-order chi connectivity index (χ0) is 14.1. The Morgan fingerprint density at radius 2 is 2.30 bits per heavy atom. The number of rotatable bonds is 5. The minimum atomic E-state index is -0.270. The van der Waals surface area contributed by atoms with E-state index in [0.717, 1.165) is 24.2 Å². The molecule has 1 saturated carbocycles. The highest BCUT2D eigenvalue weighted by atomic mass is 19.1. The van der Waals surface area contributed by atoms with E-state index in [1.54, 1.807) is 6.07 Å². The van der Waals surface area contributed by atoms with Crippen LogP contribution in [0.3, 0.4) is 0 Å². The zero-order valence-corrected chi connectivity index (χ0v) is 12.3. The summed E-state index contributed by atoms with van der Waals surface area (Å²) >= 11 is 0. The Hall–Kier alpha value is -1.00. The number of aromatic nitrogens is 1. The van der Waals surface area contributed by atoms with E-state index in [4.69, 9.17) is 0 Å². The average Bonchev–Trinajstić information content (AvgIpc) is 3.04. The molecule has 1 aromatic rings. The van der Waals surface area contributed by atoms with Crippen LogP contribution in [0.5, 0.6) is 0 Å². The Morgan fingerprint density at radius 3 is 2.85 bits per heavy atom. The molecule has 0 radical (unpaired) electrons. The van der Waals surface area contributed by atoms with Gasteiger partial charge in [-0.3, -0.25) is 9.88 Å². The molecule has 1 aromatic heterocycles. The van der Waals surface area contributed by atoms with Crippen molar-refractivity contribution in [2.45, 2.75) is 38.3 Å². The summed E-state index contributed by atoms with van der Waals surface area (Å²) in [6.45, 7) is 4.63. The molecule has 2 aliphatic rings. The van der Waals surface area contributed by atoms with Crippen molar-refractivity contribution in [3.63, 3.8) is 0 Å². The first-order valence-corrected chi connectivity index (χ1v) is 7.70. The molecule has 0 amide bonds. The highest BCUT2D eigenvalue weighted by Crippen LogP contribution is 2.38. The van der Waals surface area contributed by atoms with E-state index in [9.17, 15) is 4.39 Å². The fraction of sp³-hybridized carbons (Fsp3) is 0.688. The number of nitrogens with zero attached hydrogens (tertiary/aromatic N) is 2. The summed E-state index contributed by atoms with van der Waals surface area (Å²) < 4.78 is 13.0. The maximum absolute atomic E-state index is 13.0. The van der Waals surface area contributed by atoms with Gasteiger partial charge >= 0.3 is 0 Å². The molecule has 3 nitrogen and oxygen atoms in total. The largest absolute Gasteiger partial charge is 0.311 e. The lowest BCUT2D eigenvalue weighted by atomic mass is 9.97. The van der Waals surface area contributed by atoms with E-state index >= 15 is 0 Å². The van der Waals surface area contributed by atoms with Crippen molar-refractivity contribution in [1.82, 2.24) is 15.2 Å². The molecule has 0 aromatic carbocycles. The maximum Gasteiger partial charge on any atom is 0.141 e. The van der Waals surface area contributed by atoms with Crippen LogP contribution in [0.15, 0.2) is 18.3 Å². The molecule has 1 aliphatic carbocycles. The Kier molecular flexibility index (Phi) is 4.03. The van der Waals surface area contributed by atoms with Crippen LogP contribution in [0.2, 0.25) is 0 Å². The second-order valence-electron chi connectivity index (χ2n) is 6.43. The lowest BCUT2D eigenvalue weighted by Crippen LogP contribution is -2.39. The average molecular weight is 277 g/mol. The second-order valence-corrected chi connectivity index (χ2v) is 6.43. The number of hydrogen-bond donors (Lipinski definition) is 1. The van der Waals surface area contributed by atoms with Gasteiger partial charge in [0.2, 0.25) is 0 Å². The van der Waals surface area contributed by atoms with E-state index in [0.29, 0.717) is 5.92 Å². The molecule has 4 atom stereocenters. The van der Waals surface area contributed by atoms with E-state index in [-0.39, 0.29) is 11.9 Å². The van der Waals surface area contributed by atoms with Crippen molar-refractivity contribution >= 4 is 0 Å². The van der Waals surface area contributed by atoms with Crippen molar-refractivity contribution in [1.29, 1.82) is 0 Å². The third-order valence-electron chi connectivity index (χ3n) is 4.99. The number of nitrogens with one attached hydrogen (secondary N) is 1. The summed E-state index contributed by atoms with van der Waals surface area (Å²) in [5.41, 5.74) is 0.936. The van der Waals surface area contributed by atoms with E-state index < -0.39 is 0 Å². The summed E-state index contributed by atoms with van der Waals surface area (Å²) in [6.07, 6.45) is 5.50. The topological polar surface area (TPSA) is 28.2 Å². The van der Waals surface area contributed by atoms with Gasteiger partial charge in [0.1, 0.15) is 5.82 Å². The number of fused-ring (bicyclic) bond motifs is 2. The molecule has 1 saturated heterocycles. The minimum Gasteiger partial charge on any atom is -0.311 e. The Balaban J connectivity index is 1.65. The molecule has 4 heteroatoms. The van der Waals surface area contributed by atoms with Gasteiger partial charge in [0.05, 0.1) is 17.9 Å². The number of likely N-dealkylation sites (tertiary alicyclic amines) is 1. The minimum absolute atomic E-state index is 0.190. The van der Waals surface area contributed by atoms with Crippen LogP contribution in [-0.4, -0.2) is 36.1 Å². The number of hydrogen-bond acceptors (Lipinski definition) is 3.